The fourth-order valence-corrected chi connectivity index (χ4v) is 2.02. The smallest absolute Gasteiger partial charge is 0.339 e. The Morgan fingerprint density at radius 3 is 2.81 bits per heavy atom. The van der Waals surface area contributed by atoms with Crippen molar-refractivity contribution in [1.29, 1.82) is 0 Å². The van der Waals surface area contributed by atoms with E-state index in [9.17, 15) is 4.79 Å². The molecule has 7 heteroatoms. The maximum absolute atomic E-state index is 11.6. The molecule has 2 aromatic heterocycles. The molecule has 0 aliphatic heterocycles. The van der Waals surface area contributed by atoms with Crippen molar-refractivity contribution < 1.29 is 19.0 Å². The Morgan fingerprint density at radius 2 is 2.14 bits per heavy atom. The van der Waals surface area contributed by atoms with Crippen molar-refractivity contribution in [1.82, 2.24) is 9.55 Å². The van der Waals surface area contributed by atoms with Crippen LogP contribution in [0.4, 0.5) is 0 Å². The highest BCUT2D eigenvalue weighted by Crippen LogP contribution is 2.31. The lowest BCUT2D eigenvalue weighted by molar-refractivity contribution is 0.0512. The summed E-state index contributed by atoms with van der Waals surface area (Å²) < 4.78 is 16.8. The second-order valence-corrected chi connectivity index (χ2v) is 4.70. The van der Waals surface area contributed by atoms with Crippen LogP contribution in [0.25, 0.3) is 11.4 Å². The first-order valence-electron chi connectivity index (χ1n) is 6.09. The highest BCUT2D eigenvalue weighted by Gasteiger charge is 2.17. The molecule has 2 aromatic rings. The number of pyridine rings is 1. The molecule has 2 rings (SSSR count). The van der Waals surface area contributed by atoms with Crippen LogP contribution < -0.4 is 4.74 Å². The summed E-state index contributed by atoms with van der Waals surface area (Å²) in [7, 11) is 4.66. The van der Waals surface area contributed by atoms with Crippen LogP contribution in [0.15, 0.2) is 24.5 Å². The summed E-state index contributed by atoms with van der Waals surface area (Å²) in [5.41, 5.74) is 1.71. The molecule has 0 atom stereocenters. The maximum atomic E-state index is 11.6. The molecule has 0 aliphatic carbocycles. The molecular formula is C14H15ClN2O4. The number of rotatable bonds is 5. The van der Waals surface area contributed by atoms with Crippen LogP contribution >= 0.6 is 11.6 Å². The van der Waals surface area contributed by atoms with Crippen molar-refractivity contribution in [3.8, 4) is 17.1 Å². The second kappa shape index (κ2) is 6.60. The number of aryl methyl sites for hydroxylation is 1. The summed E-state index contributed by atoms with van der Waals surface area (Å²) in [5, 5.41) is 0.451. The van der Waals surface area contributed by atoms with Gasteiger partial charge in [0.2, 0.25) is 0 Å². The normalized spacial score (nSPS) is 10.5. The molecule has 0 N–H and O–H groups in total. The SMILES string of the molecule is COCOc1cc(Cl)cnc1-c1cc(C(=O)OC)cn1C. The number of ether oxygens (including phenoxy) is 3. The number of halogens is 1. The third kappa shape index (κ3) is 3.34. The van der Waals surface area contributed by atoms with E-state index >= 15 is 0 Å². The molecule has 0 aliphatic rings. The van der Waals surface area contributed by atoms with Gasteiger partial charge in [-0.1, -0.05) is 11.6 Å². The number of nitrogens with zero attached hydrogens (tertiary/aromatic N) is 2. The Labute approximate surface area is 127 Å². The van der Waals surface area contributed by atoms with Crippen LogP contribution in [0, 0.1) is 0 Å². The van der Waals surface area contributed by atoms with E-state index < -0.39 is 5.97 Å². The summed E-state index contributed by atoms with van der Waals surface area (Å²) in [4.78, 5) is 15.9. The topological polar surface area (TPSA) is 62.6 Å². The lowest BCUT2D eigenvalue weighted by atomic mass is 10.2. The standard InChI is InChI=1S/C14H15ClN2O4/c1-17-7-9(14(18)20-3)4-11(17)13-12(21-8-19-2)5-10(15)6-16-13/h4-7H,8H2,1-3H3. The molecule has 0 fully saturated rings. The number of carbonyl (C=O) groups is 1. The zero-order chi connectivity index (χ0) is 15.4. The molecular weight excluding hydrogens is 296 g/mol. The van der Waals surface area contributed by atoms with Gasteiger partial charge >= 0.3 is 5.97 Å². The molecule has 2 heterocycles. The monoisotopic (exact) mass is 310 g/mol. The number of aromatic nitrogens is 2. The predicted molar refractivity (Wildman–Crippen MR) is 77.5 cm³/mol. The maximum Gasteiger partial charge on any atom is 0.339 e. The van der Waals surface area contributed by atoms with E-state index in [4.69, 9.17) is 25.8 Å². The Morgan fingerprint density at radius 1 is 1.38 bits per heavy atom. The molecule has 0 saturated heterocycles. The van der Waals surface area contributed by atoms with Gasteiger partial charge in [0.25, 0.3) is 0 Å². The second-order valence-electron chi connectivity index (χ2n) is 4.27. The highest BCUT2D eigenvalue weighted by molar-refractivity contribution is 6.30. The largest absolute Gasteiger partial charge is 0.465 e. The van der Waals surface area contributed by atoms with Gasteiger partial charge in [0.15, 0.2) is 12.5 Å². The van der Waals surface area contributed by atoms with Crippen LogP contribution in [0.3, 0.4) is 0 Å². The molecule has 112 valence electrons. The number of hydrogen-bond acceptors (Lipinski definition) is 5. The minimum absolute atomic E-state index is 0.0727. The van der Waals surface area contributed by atoms with E-state index in [-0.39, 0.29) is 6.79 Å². The summed E-state index contributed by atoms with van der Waals surface area (Å²) in [5.74, 6) is 0.0622. The Bertz CT molecular complexity index is 654. The molecule has 0 spiro atoms. The zero-order valence-corrected chi connectivity index (χ0v) is 12.7. The first-order valence-corrected chi connectivity index (χ1v) is 6.47. The Hall–Kier alpha value is -2.05. The van der Waals surface area contributed by atoms with Crippen LogP contribution in [0.2, 0.25) is 5.02 Å². The summed E-state index contributed by atoms with van der Waals surface area (Å²) >= 11 is 5.94. The van der Waals surface area contributed by atoms with E-state index in [2.05, 4.69) is 4.98 Å². The minimum Gasteiger partial charge on any atom is -0.465 e. The quantitative estimate of drug-likeness (QED) is 0.627. The third-order valence-electron chi connectivity index (χ3n) is 2.82. The first kappa shape index (κ1) is 15.3. The predicted octanol–water partition coefficient (Wildman–Crippen LogP) is 2.51. The summed E-state index contributed by atoms with van der Waals surface area (Å²) in [6.45, 7) is 0.0727. The fourth-order valence-electron chi connectivity index (χ4n) is 1.87. The summed E-state index contributed by atoms with van der Waals surface area (Å²) in [6, 6.07) is 3.33. The van der Waals surface area contributed by atoms with Crippen molar-refractivity contribution in [2.24, 2.45) is 7.05 Å². The van der Waals surface area contributed by atoms with Crippen LogP contribution in [0.5, 0.6) is 5.75 Å². The van der Waals surface area contributed by atoms with Gasteiger partial charge in [0.1, 0.15) is 5.69 Å². The molecule has 0 aromatic carbocycles. The third-order valence-corrected chi connectivity index (χ3v) is 3.03. The molecule has 21 heavy (non-hydrogen) atoms. The molecule has 6 nitrogen and oxygen atoms in total. The van der Waals surface area contributed by atoms with Crippen LogP contribution in [0.1, 0.15) is 10.4 Å². The van der Waals surface area contributed by atoms with Crippen LogP contribution in [-0.4, -0.2) is 36.5 Å². The molecule has 0 unspecified atom stereocenters. The molecule has 0 saturated carbocycles. The highest BCUT2D eigenvalue weighted by atomic mass is 35.5. The van der Waals surface area contributed by atoms with Crippen molar-refractivity contribution in [2.75, 3.05) is 21.0 Å². The van der Waals surface area contributed by atoms with Gasteiger partial charge in [-0.15, -0.1) is 0 Å². The van der Waals surface area contributed by atoms with Crippen molar-refractivity contribution in [3.63, 3.8) is 0 Å². The molecule has 0 radical (unpaired) electrons. The minimum atomic E-state index is -0.412. The van der Waals surface area contributed by atoms with Gasteiger partial charge in [-0.2, -0.15) is 0 Å². The Kier molecular flexibility index (Phi) is 4.82. The van der Waals surface area contributed by atoms with Crippen molar-refractivity contribution in [2.45, 2.75) is 0 Å². The zero-order valence-electron chi connectivity index (χ0n) is 11.9. The number of methoxy groups -OCH3 is 2. The average Bonchev–Trinajstić information content (AvgIpc) is 2.86. The van der Waals surface area contributed by atoms with Crippen molar-refractivity contribution in [3.05, 3.63) is 35.1 Å². The molecule has 0 bridgehead atoms. The first-order chi connectivity index (χ1) is 10.1. The summed E-state index contributed by atoms with van der Waals surface area (Å²) in [6.07, 6.45) is 3.18. The number of esters is 1. The van der Waals surface area contributed by atoms with Crippen molar-refractivity contribution >= 4 is 17.6 Å². The number of hydrogen-bond donors (Lipinski definition) is 0. The van der Waals surface area contributed by atoms with E-state index in [1.807, 2.05) is 0 Å². The van der Waals surface area contributed by atoms with Crippen LogP contribution in [-0.2, 0) is 16.5 Å². The average molecular weight is 311 g/mol. The van der Waals surface area contributed by atoms with E-state index in [0.717, 1.165) is 0 Å². The van der Waals surface area contributed by atoms with E-state index in [1.165, 1.54) is 20.4 Å². The van der Waals surface area contributed by atoms with Gasteiger partial charge in [-0.3, -0.25) is 0 Å². The fraction of sp³-hybridized carbons (Fsp3) is 0.286. The van der Waals surface area contributed by atoms with Gasteiger partial charge in [0, 0.05) is 32.6 Å². The van der Waals surface area contributed by atoms with Gasteiger partial charge in [-0.05, 0) is 6.07 Å². The van der Waals surface area contributed by atoms with E-state index in [0.29, 0.717) is 27.7 Å². The van der Waals surface area contributed by atoms with Gasteiger partial charge in [-0.25, -0.2) is 9.78 Å². The van der Waals surface area contributed by atoms with Gasteiger partial charge in [0.05, 0.1) is 23.4 Å². The van der Waals surface area contributed by atoms with E-state index in [1.54, 1.807) is 29.9 Å². The molecule has 0 amide bonds. The van der Waals surface area contributed by atoms with Gasteiger partial charge < -0.3 is 18.8 Å². The lowest BCUT2D eigenvalue weighted by Gasteiger charge is -2.10. The lowest BCUT2D eigenvalue weighted by Crippen LogP contribution is -2.02. The Balaban J connectivity index is 2.46. The number of carbonyl (C=O) groups excluding carboxylic acids is 1.